The van der Waals surface area contributed by atoms with Crippen LogP contribution in [-0.4, -0.2) is 30.7 Å². The molecule has 0 amide bonds. The number of rotatable bonds is 4. The lowest BCUT2D eigenvalue weighted by Gasteiger charge is -2.16. The normalized spacial score (nSPS) is 23.8. The fourth-order valence-electron chi connectivity index (χ4n) is 1.19. The van der Waals surface area contributed by atoms with Crippen LogP contribution in [0.3, 0.4) is 0 Å². The Morgan fingerprint density at radius 3 is 3.00 bits per heavy atom. The number of thioether (sulfide) groups is 1. The van der Waals surface area contributed by atoms with Crippen molar-refractivity contribution in [1.29, 1.82) is 0 Å². The second-order valence-corrected chi connectivity index (χ2v) is 4.23. The van der Waals surface area contributed by atoms with E-state index in [1.807, 2.05) is 6.26 Å². The van der Waals surface area contributed by atoms with E-state index in [4.69, 9.17) is 9.47 Å². The van der Waals surface area contributed by atoms with Gasteiger partial charge in [0.15, 0.2) is 6.10 Å². The summed E-state index contributed by atoms with van der Waals surface area (Å²) in [5.41, 5.74) is 0. The molecule has 3 nitrogen and oxygen atoms in total. The van der Waals surface area contributed by atoms with Gasteiger partial charge in [-0.05, 0) is 6.26 Å². The van der Waals surface area contributed by atoms with Crippen LogP contribution in [0, 0.1) is 0 Å². The van der Waals surface area contributed by atoms with Crippen LogP contribution >= 0.6 is 11.8 Å². The van der Waals surface area contributed by atoms with Crippen molar-refractivity contribution in [3.05, 3.63) is 11.8 Å². The maximum atomic E-state index is 10.9. The number of methoxy groups -OCH3 is 1. The lowest BCUT2D eigenvalue weighted by molar-refractivity contribution is -0.139. The summed E-state index contributed by atoms with van der Waals surface area (Å²) in [4.78, 5) is 10.9. The molecule has 0 spiro atoms. The summed E-state index contributed by atoms with van der Waals surface area (Å²) in [6.45, 7) is 2.10. The number of carbonyl (C=O) groups excluding carboxylic acids is 1. The molecule has 13 heavy (non-hydrogen) atoms. The van der Waals surface area contributed by atoms with Gasteiger partial charge in [0.2, 0.25) is 0 Å². The average molecular weight is 202 g/mol. The highest BCUT2D eigenvalue weighted by atomic mass is 32.2. The fourth-order valence-corrected chi connectivity index (χ4v) is 1.56. The largest absolute Gasteiger partial charge is 0.497 e. The molecule has 74 valence electrons. The van der Waals surface area contributed by atoms with E-state index in [0.717, 1.165) is 6.42 Å². The van der Waals surface area contributed by atoms with Crippen molar-refractivity contribution in [2.24, 2.45) is 0 Å². The molecule has 0 fully saturated rings. The molecule has 0 saturated carbocycles. The van der Waals surface area contributed by atoms with Gasteiger partial charge in [-0.3, -0.25) is 0 Å². The molecule has 4 heteroatoms. The zero-order valence-corrected chi connectivity index (χ0v) is 8.89. The van der Waals surface area contributed by atoms with E-state index in [2.05, 4.69) is 6.92 Å². The number of hydrogen-bond acceptors (Lipinski definition) is 4. The Balaban J connectivity index is 2.52. The van der Waals surface area contributed by atoms with Crippen molar-refractivity contribution in [2.45, 2.75) is 24.7 Å². The first-order valence-corrected chi connectivity index (χ1v) is 5.45. The molecule has 0 saturated heterocycles. The Kier molecular flexibility index (Phi) is 3.66. The predicted octanol–water partition coefficient (Wildman–Crippen LogP) is 1.58. The smallest absolute Gasteiger partial charge is 0.335 e. The van der Waals surface area contributed by atoms with E-state index in [9.17, 15) is 4.79 Å². The Morgan fingerprint density at radius 1 is 1.77 bits per heavy atom. The molecule has 0 aromatic heterocycles. The minimum Gasteiger partial charge on any atom is -0.497 e. The Bertz CT molecular complexity index is 225. The Morgan fingerprint density at radius 2 is 2.46 bits per heavy atom. The van der Waals surface area contributed by atoms with Crippen LogP contribution in [0.5, 0.6) is 0 Å². The first-order chi connectivity index (χ1) is 6.17. The fraction of sp³-hybridized carbons (Fsp3) is 0.667. The molecular weight excluding hydrogens is 188 g/mol. The summed E-state index contributed by atoms with van der Waals surface area (Å²) in [7, 11) is 1.56. The maximum Gasteiger partial charge on any atom is 0.335 e. The van der Waals surface area contributed by atoms with Crippen LogP contribution in [0.1, 0.15) is 13.3 Å². The van der Waals surface area contributed by atoms with Crippen molar-refractivity contribution >= 4 is 17.7 Å². The number of cyclic esters (lactones) is 1. The summed E-state index contributed by atoms with van der Waals surface area (Å²) in [5.74, 6) is 0.348. The zero-order chi connectivity index (χ0) is 9.84. The van der Waals surface area contributed by atoms with E-state index in [1.165, 1.54) is 6.08 Å². The summed E-state index contributed by atoms with van der Waals surface area (Å²) >= 11 is 1.75. The van der Waals surface area contributed by atoms with Gasteiger partial charge in [0.05, 0.1) is 13.2 Å². The molecule has 1 aliphatic heterocycles. The third-order valence-corrected chi connectivity index (χ3v) is 3.02. The third-order valence-electron chi connectivity index (χ3n) is 2.02. The van der Waals surface area contributed by atoms with Crippen LogP contribution < -0.4 is 0 Å². The predicted molar refractivity (Wildman–Crippen MR) is 52.6 cm³/mol. The SMILES string of the molecule is COC1=CC(=O)OC1CC(C)SC. The zero-order valence-electron chi connectivity index (χ0n) is 8.07. The van der Waals surface area contributed by atoms with E-state index < -0.39 is 0 Å². The van der Waals surface area contributed by atoms with Crippen molar-refractivity contribution in [3.8, 4) is 0 Å². The van der Waals surface area contributed by atoms with Crippen molar-refractivity contribution in [2.75, 3.05) is 13.4 Å². The van der Waals surface area contributed by atoms with Crippen molar-refractivity contribution in [3.63, 3.8) is 0 Å². The van der Waals surface area contributed by atoms with Crippen LogP contribution in [0.2, 0.25) is 0 Å². The second-order valence-electron chi connectivity index (χ2n) is 2.96. The van der Waals surface area contributed by atoms with Gasteiger partial charge in [-0.25, -0.2) is 4.79 Å². The Labute approximate surface area is 82.5 Å². The molecule has 1 aliphatic rings. The van der Waals surface area contributed by atoms with Crippen LogP contribution in [0.25, 0.3) is 0 Å². The van der Waals surface area contributed by atoms with Gasteiger partial charge in [0.25, 0.3) is 0 Å². The van der Waals surface area contributed by atoms with Gasteiger partial charge >= 0.3 is 5.97 Å². The first-order valence-electron chi connectivity index (χ1n) is 4.16. The molecule has 1 rings (SSSR count). The monoisotopic (exact) mass is 202 g/mol. The van der Waals surface area contributed by atoms with Gasteiger partial charge in [-0.15, -0.1) is 0 Å². The molecule has 0 aromatic carbocycles. The summed E-state index contributed by atoms with van der Waals surface area (Å²) < 4.78 is 10.1. The van der Waals surface area contributed by atoms with Gasteiger partial charge in [-0.1, -0.05) is 6.92 Å². The molecule has 0 bridgehead atoms. The highest BCUT2D eigenvalue weighted by Crippen LogP contribution is 2.24. The second kappa shape index (κ2) is 4.56. The highest BCUT2D eigenvalue weighted by molar-refractivity contribution is 7.99. The lowest BCUT2D eigenvalue weighted by Crippen LogP contribution is -2.17. The molecule has 0 aromatic rings. The van der Waals surface area contributed by atoms with Gasteiger partial charge in [0.1, 0.15) is 5.76 Å². The molecule has 2 atom stereocenters. The highest BCUT2D eigenvalue weighted by Gasteiger charge is 2.28. The summed E-state index contributed by atoms with van der Waals surface area (Å²) in [6, 6.07) is 0. The lowest BCUT2D eigenvalue weighted by atomic mass is 10.2. The van der Waals surface area contributed by atoms with Crippen LogP contribution in [0.15, 0.2) is 11.8 Å². The van der Waals surface area contributed by atoms with E-state index in [-0.39, 0.29) is 12.1 Å². The average Bonchev–Trinajstić information content (AvgIpc) is 2.46. The number of esters is 1. The van der Waals surface area contributed by atoms with Gasteiger partial charge < -0.3 is 9.47 Å². The minimum atomic E-state index is -0.296. The summed E-state index contributed by atoms with van der Waals surface area (Å²) in [6.07, 6.45) is 4.09. The van der Waals surface area contributed by atoms with E-state index in [0.29, 0.717) is 11.0 Å². The third kappa shape index (κ3) is 2.66. The van der Waals surface area contributed by atoms with Crippen LogP contribution in [0.4, 0.5) is 0 Å². The topological polar surface area (TPSA) is 35.5 Å². The first kappa shape index (κ1) is 10.4. The maximum absolute atomic E-state index is 10.9. The molecule has 1 heterocycles. The number of ether oxygens (including phenoxy) is 2. The Hall–Kier alpha value is -0.640. The molecule has 0 radical (unpaired) electrons. The van der Waals surface area contributed by atoms with Crippen LogP contribution in [-0.2, 0) is 14.3 Å². The molecule has 2 unspecified atom stereocenters. The standard InChI is InChI=1S/C9H14O3S/c1-6(13-3)4-8-7(11-2)5-9(10)12-8/h5-6,8H,4H2,1-3H3. The van der Waals surface area contributed by atoms with E-state index >= 15 is 0 Å². The van der Waals surface area contributed by atoms with Gasteiger partial charge in [-0.2, -0.15) is 11.8 Å². The van der Waals surface area contributed by atoms with Crippen molar-refractivity contribution < 1.29 is 14.3 Å². The van der Waals surface area contributed by atoms with Crippen molar-refractivity contribution in [1.82, 2.24) is 0 Å². The van der Waals surface area contributed by atoms with Gasteiger partial charge in [0, 0.05) is 11.7 Å². The number of carbonyl (C=O) groups is 1. The minimum absolute atomic E-state index is 0.181. The van der Waals surface area contributed by atoms with E-state index in [1.54, 1.807) is 18.9 Å². The number of hydrogen-bond donors (Lipinski definition) is 0. The molecule has 0 N–H and O–H groups in total. The quantitative estimate of drug-likeness (QED) is 0.648. The molecule has 0 aliphatic carbocycles. The molecular formula is C9H14O3S. The summed E-state index contributed by atoms with van der Waals surface area (Å²) in [5, 5.41) is 0.467.